The Labute approximate surface area is 87.4 Å². The summed E-state index contributed by atoms with van der Waals surface area (Å²) in [6.45, 7) is 0. The third-order valence-corrected chi connectivity index (χ3v) is 2.99. The molecule has 1 aromatic rings. The van der Waals surface area contributed by atoms with E-state index < -0.39 is 12.2 Å². The lowest BCUT2D eigenvalue weighted by Gasteiger charge is -2.14. The molecule has 1 aliphatic heterocycles. The van der Waals surface area contributed by atoms with Crippen molar-refractivity contribution in [2.75, 3.05) is 5.32 Å². The van der Waals surface area contributed by atoms with Gasteiger partial charge in [0.05, 0.1) is 0 Å². The number of rotatable bonds is 0. The molecule has 1 N–H and O–H groups in total. The van der Waals surface area contributed by atoms with Crippen molar-refractivity contribution in [2.45, 2.75) is 18.6 Å². The van der Waals surface area contributed by atoms with Crippen LogP contribution in [0.25, 0.3) is 0 Å². The fourth-order valence-corrected chi connectivity index (χ4v) is 2.07. The van der Waals surface area contributed by atoms with Gasteiger partial charge in [-0.25, -0.2) is 0 Å². The molecule has 0 aliphatic carbocycles. The molecule has 2 rings (SSSR count). The molecule has 0 aromatic heterocycles. The van der Waals surface area contributed by atoms with E-state index in [0.29, 0.717) is 11.3 Å². The van der Waals surface area contributed by atoms with Crippen molar-refractivity contribution in [3.8, 4) is 0 Å². The molecular formula is C9H7BrF3N. The van der Waals surface area contributed by atoms with E-state index in [2.05, 4.69) is 21.2 Å². The number of fused-ring (bicyclic) bond motifs is 1. The van der Waals surface area contributed by atoms with Gasteiger partial charge in [0, 0.05) is 16.6 Å². The monoisotopic (exact) mass is 265 g/mol. The summed E-state index contributed by atoms with van der Waals surface area (Å²) in [6, 6.07) is 3.68. The lowest BCUT2D eigenvalue weighted by molar-refractivity contribution is -0.140. The zero-order chi connectivity index (χ0) is 10.3. The molecule has 0 radical (unpaired) electrons. The largest absolute Gasteiger partial charge is 0.408 e. The van der Waals surface area contributed by atoms with Gasteiger partial charge in [0.25, 0.3) is 0 Å². The fraction of sp³-hybridized carbons (Fsp3) is 0.333. The number of halogens is 4. The molecule has 1 heterocycles. The zero-order valence-corrected chi connectivity index (χ0v) is 8.61. The van der Waals surface area contributed by atoms with Crippen LogP contribution in [-0.2, 0) is 6.42 Å². The average molecular weight is 266 g/mol. The summed E-state index contributed by atoms with van der Waals surface area (Å²) >= 11 is 3.23. The van der Waals surface area contributed by atoms with Crippen LogP contribution in [0, 0.1) is 0 Å². The Balaban J connectivity index is 2.31. The molecule has 1 aliphatic rings. The molecular weight excluding hydrogens is 259 g/mol. The summed E-state index contributed by atoms with van der Waals surface area (Å²) in [7, 11) is 0. The lowest BCUT2D eigenvalue weighted by atomic mass is 10.1. The molecule has 0 bridgehead atoms. The SMILES string of the molecule is FC(F)(F)C1Cc2c(Br)cccc2N1. The number of hydrogen-bond donors (Lipinski definition) is 1. The highest BCUT2D eigenvalue weighted by atomic mass is 79.9. The molecule has 1 atom stereocenters. The lowest BCUT2D eigenvalue weighted by Crippen LogP contribution is -2.34. The number of anilines is 1. The van der Waals surface area contributed by atoms with Crippen molar-refractivity contribution in [3.63, 3.8) is 0 Å². The maximum atomic E-state index is 12.4. The standard InChI is InChI=1S/C9H7BrF3N/c10-6-2-1-3-7-5(6)4-8(14-7)9(11,12)13/h1-3,8,14H,4H2. The predicted octanol–water partition coefficient (Wildman–Crippen LogP) is 3.35. The van der Waals surface area contributed by atoms with Crippen molar-refractivity contribution in [1.29, 1.82) is 0 Å². The van der Waals surface area contributed by atoms with Gasteiger partial charge in [0.15, 0.2) is 0 Å². The summed E-state index contributed by atoms with van der Waals surface area (Å²) in [6.07, 6.45) is -4.18. The molecule has 1 aromatic carbocycles. The van der Waals surface area contributed by atoms with Gasteiger partial charge in [0.1, 0.15) is 6.04 Å². The van der Waals surface area contributed by atoms with Gasteiger partial charge in [-0.2, -0.15) is 13.2 Å². The Hall–Kier alpha value is -0.710. The summed E-state index contributed by atoms with van der Waals surface area (Å²) in [5.74, 6) is 0. The molecule has 0 saturated heterocycles. The van der Waals surface area contributed by atoms with Gasteiger partial charge in [-0.3, -0.25) is 0 Å². The predicted molar refractivity (Wildman–Crippen MR) is 51.3 cm³/mol. The van der Waals surface area contributed by atoms with Crippen molar-refractivity contribution >= 4 is 21.6 Å². The van der Waals surface area contributed by atoms with Crippen molar-refractivity contribution in [3.05, 3.63) is 28.2 Å². The highest BCUT2D eigenvalue weighted by Crippen LogP contribution is 2.37. The number of benzene rings is 1. The third kappa shape index (κ3) is 1.61. The van der Waals surface area contributed by atoms with E-state index in [9.17, 15) is 13.2 Å². The highest BCUT2D eigenvalue weighted by molar-refractivity contribution is 9.10. The maximum Gasteiger partial charge on any atom is 0.408 e. The summed E-state index contributed by atoms with van der Waals surface area (Å²) in [5, 5.41) is 2.46. The zero-order valence-electron chi connectivity index (χ0n) is 7.03. The molecule has 1 nitrogen and oxygen atoms in total. The van der Waals surface area contributed by atoms with Gasteiger partial charge in [-0.05, 0) is 17.7 Å². The molecule has 0 fully saturated rings. The summed E-state index contributed by atoms with van der Waals surface area (Å²) < 4.78 is 37.9. The van der Waals surface area contributed by atoms with Crippen molar-refractivity contribution in [2.24, 2.45) is 0 Å². The average Bonchev–Trinajstić information content (AvgIpc) is 2.48. The minimum atomic E-state index is -4.18. The van der Waals surface area contributed by atoms with Gasteiger partial charge < -0.3 is 5.32 Å². The molecule has 0 spiro atoms. The first-order chi connectivity index (χ1) is 6.48. The number of nitrogens with one attached hydrogen (secondary N) is 1. The second-order valence-corrected chi connectivity index (χ2v) is 4.06. The van der Waals surface area contributed by atoms with E-state index >= 15 is 0 Å². The number of alkyl halides is 3. The van der Waals surface area contributed by atoms with E-state index in [0.717, 1.165) is 4.47 Å². The molecule has 0 amide bonds. The van der Waals surface area contributed by atoms with Crippen LogP contribution in [0.3, 0.4) is 0 Å². The highest BCUT2D eigenvalue weighted by Gasteiger charge is 2.43. The Kier molecular flexibility index (Phi) is 2.21. The van der Waals surface area contributed by atoms with Crippen LogP contribution in [-0.4, -0.2) is 12.2 Å². The molecule has 1 unspecified atom stereocenters. The molecule has 76 valence electrons. The first-order valence-electron chi connectivity index (χ1n) is 4.09. The second kappa shape index (κ2) is 3.15. The topological polar surface area (TPSA) is 12.0 Å². The van der Waals surface area contributed by atoms with E-state index in [1.165, 1.54) is 0 Å². The molecule has 5 heteroatoms. The first-order valence-corrected chi connectivity index (χ1v) is 4.88. The number of hydrogen-bond acceptors (Lipinski definition) is 1. The van der Waals surface area contributed by atoms with E-state index in [1.807, 2.05) is 0 Å². The fourth-order valence-electron chi connectivity index (χ4n) is 1.54. The second-order valence-electron chi connectivity index (χ2n) is 3.21. The van der Waals surface area contributed by atoms with E-state index in [1.54, 1.807) is 18.2 Å². The quantitative estimate of drug-likeness (QED) is 0.759. The summed E-state index contributed by atoms with van der Waals surface area (Å²) in [5.41, 5.74) is 1.27. The van der Waals surface area contributed by atoms with E-state index in [-0.39, 0.29) is 6.42 Å². The normalized spacial score (nSPS) is 20.4. The third-order valence-electron chi connectivity index (χ3n) is 2.25. The molecule has 14 heavy (non-hydrogen) atoms. The van der Waals surface area contributed by atoms with Gasteiger partial charge in [-0.1, -0.05) is 22.0 Å². The van der Waals surface area contributed by atoms with Gasteiger partial charge in [-0.15, -0.1) is 0 Å². The Morgan fingerprint density at radius 2 is 2.07 bits per heavy atom. The smallest absolute Gasteiger partial charge is 0.373 e. The minimum Gasteiger partial charge on any atom is -0.373 e. The van der Waals surface area contributed by atoms with Crippen LogP contribution in [0.2, 0.25) is 0 Å². The first kappa shape index (κ1) is 9.83. The van der Waals surface area contributed by atoms with Crippen LogP contribution < -0.4 is 5.32 Å². The Morgan fingerprint density at radius 1 is 1.36 bits per heavy atom. The van der Waals surface area contributed by atoms with Crippen molar-refractivity contribution in [1.82, 2.24) is 0 Å². The van der Waals surface area contributed by atoms with Crippen molar-refractivity contribution < 1.29 is 13.2 Å². The maximum absolute atomic E-state index is 12.4. The Bertz CT molecular complexity index is 362. The molecule has 0 saturated carbocycles. The van der Waals surface area contributed by atoms with Gasteiger partial charge in [0.2, 0.25) is 0 Å². The van der Waals surface area contributed by atoms with Crippen LogP contribution in [0.15, 0.2) is 22.7 Å². The van der Waals surface area contributed by atoms with E-state index in [4.69, 9.17) is 0 Å². The van der Waals surface area contributed by atoms with Crippen LogP contribution in [0.4, 0.5) is 18.9 Å². The van der Waals surface area contributed by atoms with Crippen LogP contribution >= 0.6 is 15.9 Å². The summed E-state index contributed by atoms with van der Waals surface area (Å²) in [4.78, 5) is 0. The van der Waals surface area contributed by atoms with Gasteiger partial charge >= 0.3 is 6.18 Å². The minimum absolute atomic E-state index is 0.000255. The van der Waals surface area contributed by atoms with Crippen LogP contribution in [0.5, 0.6) is 0 Å². The Morgan fingerprint density at radius 3 is 2.64 bits per heavy atom. The van der Waals surface area contributed by atoms with Crippen LogP contribution in [0.1, 0.15) is 5.56 Å².